The molecule has 0 saturated heterocycles. The molecule has 0 aliphatic rings. The van der Waals surface area contributed by atoms with E-state index in [-0.39, 0.29) is 0 Å². The van der Waals surface area contributed by atoms with Crippen molar-refractivity contribution in [3.63, 3.8) is 0 Å². The molecule has 2 aromatic rings. The van der Waals surface area contributed by atoms with Crippen molar-refractivity contribution >= 4 is 5.97 Å². The Morgan fingerprint density at radius 3 is 1.62 bits per heavy atom. The minimum absolute atomic E-state index is 0.333. The van der Waals surface area contributed by atoms with Crippen molar-refractivity contribution in [3.05, 3.63) is 41.7 Å². The average Bonchev–Trinajstić information content (AvgIpc) is 3.21. The van der Waals surface area contributed by atoms with E-state index in [1.54, 1.807) is 0 Å². The Hall–Kier alpha value is -2.17. The number of aryl methyl sites for hydroxylation is 1. The molecule has 0 bridgehead atoms. The summed E-state index contributed by atoms with van der Waals surface area (Å²) in [5.41, 5.74) is 3.40. The first-order chi connectivity index (χ1) is 16.7. The Kier molecular flexibility index (Phi) is 15.0. The molecule has 0 spiro atoms. The van der Waals surface area contributed by atoms with Gasteiger partial charge in [0.05, 0.1) is 17.1 Å². The van der Waals surface area contributed by atoms with Crippen molar-refractivity contribution in [2.45, 2.75) is 129 Å². The van der Waals surface area contributed by atoms with Crippen LogP contribution in [-0.4, -0.2) is 26.1 Å². The standard InChI is InChI=1S/C29H47N3O2/c1-26-28(32(31-30-26)27-22-18-17-19-23-27)24-20-15-13-11-9-7-5-3-2-4-6-8-10-12-14-16-21-25-29(33)34/h17-19,22-23H,2-16,20-21,24-25H2,1H3,(H,33,34). The topological polar surface area (TPSA) is 68.0 Å². The Morgan fingerprint density at radius 2 is 1.15 bits per heavy atom. The fourth-order valence-corrected chi connectivity index (χ4v) is 4.66. The van der Waals surface area contributed by atoms with Crippen LogP contribution in [0, 0.1) is 6.92 Å². The summed E-state index contributed by atoms with van der Waals surface area (Å²) in [6.07, 6.45) is 23.3. The van der Waals surface area contributed by atoms with Crippen molar-refractivity contribution in [2.24, 2.45) is 0 Å². The highest BCUT2D eigenvalue weighted by atomic mass is 16.4. The number of carboxylic acids is 1. The summed E-state index contributed by atoms with van der Waals surface area (Å²) in [7, 11) is 0. The van der Waals surface area contributed by atoms with Crippen LogP contribution in [0.25, 0.3) is 5.69 Å². The maximum atomic E-state index is 10.5. The van der Waals surface area contributed by atoms with Crippen molar-refractivity contribution in [3.8, 4) is 5.69 Å². The second-order valence-electron chi connectivity index (χ2n) is 9.77. The second-order valence-corrected chi connectivity index (χ2v) is 9.77. The largest absolute Gasteiger partial charge is 0.481 e. The van der Waals surface area contributed by atoms with Crippen LogP contribution in [0.1, 0.15) is 127 Å². The minimum Gasteiger partial charge on any atom is -0.481 e. The van der Waals surface area contributed by atoms with Crippen LogP contribution in [0.15, 0.2) is 30.3 Å². The first-order valence-electron chi connectivity index (χ1n) is 13.9. The number of hydrogen-bond acceptors (Lipinski definition) is 3. The lowest BCUT2D eigenvalue weighted by Crippen LogP contribution is -2.03. The summed E-state index contributed by atoms with van der Waals surface area (Å²) in [6, 6.07) is 10.3. The molecule has 0 aliphatic heterocycles. The zero-order valence-electron chi connectivity index (χ0n) is 21.5. The van der Waals surface area contributed by atoms with Gasteiger partial charge in [0.25, 0.3) is 0 Å². The van der Waals surface area contributed by atoms with Crippen LogP contribution < -0.4 is 0 Å². The van der Waals surface area contributed by atoms with Crippen LogP contribution in [0.4, 0.5) is 0 Å². The molecule has 5 nitrogen and oxygen atoms in total. The van der Waals surface area contributed by atoms with Crippen LogP contribution in [0.3, 0.4) is 0 Å². The highest BCUT2D eigenvalue weighted by molar-refractivity contribution is 5.66. The highest BCUT2D eigenvalue weighted by Crippen LogP contribution is 2.17. The Balaban J connectivity index is 1.35. The quantitative estimate of drug-likeness (QED) is 0.187. The molecule has 0 amide bonds. The molecular weight excluding hydrogens is 422 g/mol. The van der Waals surface area contributed by atoms with Crippen LogP contribution in [0.2, 0.25) is 0 Å². The maximum Gasteiger partial charge on any atom is 0.303 e. The molecule has 190 valence electrons. The Bertz CT molecular complexity index is 773. The fourth-order valence-electron chi connectivity index (χ4n) is 4.66. The van der Waals surface area contributed by atoms with E-state index in [0.717, 1.165) is 30.6 Å². The summed E-state index contributed by atoms with van der Waals surface area (Å²) < 4.78 is 2.00. The molecule has 1 aromatic carbocycles. The van der Waals surface area contributed by atoms with Crippen LogP contribution in [0.5, 0.6) is 0 Å². The predicted octanol–water partition coefficient (Wildman–Crippen LogP) is 8.22. The summed E-state index contributed by atoms with van der Waals surface area (Å²) in [4.78, 5) is 10.5. The van der Waals surface area contributed by atoms with E-state index in [2.05, 4.69) is 29.4 Å². The van der Waals surface area contributed by atoms with Crippen LogP contribution in [-0.2, 0) is 11.2 Å². The molecule has 0 saturated carbocycles. The van der Waals surface area contributed by atoms with E-state index in [1.165, 1.54) is 102 Å². The molecule has 5 heteroatoms. The maximum absolute atomic E-state index is 10.5. The molecule has 1 aromatic heterocycles. The van der Waals surface area contributed by atoms with Gasteiger partial charge in [-0.05, 0) is 38.3 Å². The molecule has 0 fully saturated rings. The number of para-hydroxylation sites is 1. The van der Waals surface area contributed by atoms with Crippen molar-refractivity contribution in [1.29, 1.82) is 0 Å². The van der Waals surface area contributed by atoms with Crippen LogP contribution >= 0.6 is 0 Å². The van der Waals surface area contributed by atoms with Crippen molar-refractivity contribution in [1.82, 2.24) is 15.0 Å². The van der Waals surface area contributed by atoms with E-state index in [4.69, 9.17) is 5.11 Å². The van der Waals surface area contributed by atoms with Gasteiger partial charge in [0.1, 0.15) is 0 Å². The summed E-state index contributed by atoms with van der Waals surface area (Å²) in [6.45, 7) is 2.06. The number of aromatic nitrogens is 3. The molecule has 0 aliphatic carbocycles. The SMILES string of the molecule is Cc1nnn(-c2ccccc2)c1CCCCCCCCCCCCCCCCCCCC(=O)O. The van der Waals surface area contributed by atoms with Gasteiger partial charge in [-0.2, -0.15) is 0 Å². The molecule has 34 heavy (non-hydrogen) atoms. The summed E-state index contributed by atoms with van der Waals surface area (Å²) in [5.74, 6) is -0.660. The molecule has 2 rings (SSSR count). The third kappa shape index (κ3) is 12.3. The normalized spacial score (nSPS) is 11.2. The lowest BCUT2D eigenvalue weighted by molar-refractivity contribution is -0.137. The highest BCUT2D eigenvalue weighted by Gasteiger charge is 2.10. The lowest BCUT2D eigenvalue weighted by Gasteiger charge is -2.07. The van der Waals surface area contributed by atoms with Gasteiger partial charge in [-0.1, -0.05) is 120 Å². The third-order valence-corrected chi connectivity index (χ3v) is 6.76. The van der Waals surface area contributed by atoms with Gasteiger partial charge in [0.2, 0.25) is 0 Å². The number of aliphatic carboxylic acids is 1. The van der Waals surface area contributed by atoms with Crippen molar-refractivity contribution in [2.75, 3.05) is 0 Å². The molecular formula is C29H47N3O2. The number of rotatable bonds is 21. The second kappa shape index (κ2) is 18.2. The number of benzene rings is 1. The summed E-state index contributed by atoms with van der Waals surface area (Å²) in [5, 5.41) is 17.3. The van der Waals surface area contributed by atoms with Gasteiger partial charge in [-0.25, -0.2) is 4.68 Å². The summed E-state index contributed by atoms with van der Waals surface area (Å²) >= 11 is 0. The van der Waals surface area contributed by atoms with Gasteiger partial charge >= 0.3 is 5.97 Å². The van der Waals surface area contributed by atoms with Gasteiger partial charge in [-0.3, -0.25) is 4.79 Å². The number of carbonyl (C=O) groups is 1. The van der Waals surface area contributed by atoms with E-state index in [0.29, 0.717) is 6.42 Å². The Morgan fingerprint density at radius 1 is 0.706 bits per heavy atom. The smallest absolute Gasteiger partial charge is 0.303 e. The monoisotopic (exact) mass is 469 g/mol. The minimum atomic E-state index is -0.660. The van der Waals surface area contributed by atoms with E-state index < -0.39 is 5.97 Å². The zero-order chi connectivity index (χ0) is 24.3. The van der Waals surface area contributed by atoms with Gasteiger partial charge in [0.15, 0.2) is 0 Å². The average molecular weight is 470 g/mol. The van der Waals surface area contributed by atoms with E-state index in [9.17, 15) is 4.79 Å². The first-order valence-corrected chi connectivity index (χ1v) is 13.9. The van der Waals surface area contributed by atoms with Crippen molar-refractivity contribution < 1.29 is 9.90 Å². The van der Waals surface area contributed by atoms with Gasteiger partial charge in [0, 0.05) is 6.42 Å². The first kappa shape index (κ1) is 28.1. The number of hydrogen-bond donors (Lipinski definition) is 1. The Labute approximate surface area is 207 Å². The van der Waals surface area contributed by atoms with Gasteiger partial charge < -0.3 is 5.11 Å². The number of nitrogens with zero attached hydrogens (tertiary/aromatic N) is 3. The molecule has 0 atom stereocenters. The molecule has 0 unspecified atom stereocenters. The number of unbranched alkanes of at least 4 members (excludes halogenated alkanes) is 16. The van der Waals surface area contributed by atoms with Gasteiger partial charge in [-0.15, -0.1) is 5.10 Å². The van der Waals surface area contributed by atoms with E-state index in [1.807, 2.05) is 22.9 Å². The lowest BCUT2D eigenvalue weighted by atomic mass is 10.0. The number of carboxylic acid groups (broad SMARTS) is 1. The zero-order valence-corrected chi connectivity index (χ0v) is 21.5. The molecule has 0 radical (unpaired) electrons. The van der Waals surface area contributed by atoms with E-state index >= 15 is 0 Å². The third-order valence-electron chi connectivity index (χ3n) is 6.76. The molecule has 1 heterocycles. The molecule has 1 N–H and O–H groups in total. The fraction of sp³-hybridized carbons (Fsp3) is 0.690. The predicted molar refractivity (Wildman–Crippen MR) is 141 cm³/mol.